The Balaban J connectivity index is 1.71. The Hall–Kier alpha value is -1.92. The highest BCUT2D eigenvalue weighted by Crippen LogP contribution is 2.20. The predicted molar refractivity (Wildman–Crippen MR) is 96.1 cm³/mol. The second kappa shape index (κ2) is 7.77. The number of hydrogen-bond donors (Lipinski definition) is 1. The summed E-state index contributed by atoms with van der Waals surface area (Å²) in [5.74, 6) is 0.846. The van der Waals surface area contributed by atoms with Crippen molar-refractivity contribution in [2.75, 3.05) is 18.4 Å². The molecule has 6 heteroatoms. The zero-order chi connectivity index (χ0) is 16.8. The lowest BCUT2D eigenvalue weighted by Crippen LogP contribution is -2.36. The van der Waals surface area contributed by atoms with Crippen LogP contribution >= 0.6 is 0 Å². The molecule has 0 amide bonds. The number of anilines is 1. The Bertz CT molecular complexity index is 757. The lowest BCUT2D eigenvalue weighted by atomic mass is 10.1. The van der Waals surface area contributed by atoms with Gasteiger partial charge in [0.2, 0.25) is 10.0 Å². The average Bonchev–Trinajstić information content (AvgIpc) is 2.62. The molecule has 0 unspecified atom stereocenters. The molecule has 0 atom stereocenters. The van der Waals surface area contributed by atoms with E-state index in [2.05, 4.69) is 10.3 Å². The van der Waals surface area contributed by atoms with Crippen LogP contribution in [0, 0.1) is 0 Å². The van der Waals surface area contributed by atoms with Gasteiger partial charge in [0.15, 0.2) is 0 Å². The molecule has 1 N–H and O–H groups in total. The molecule has 1 saturated heterocycles. The van der Waals surface area contributed by atoms with E-state index in [0.29, 0.717) is 19.6 Å². The summed E-state index contributed by atoms with van der Waals surface area (Å²) in [7, 11) is -3.25. The molecule has 0 saturated carbocycles. The summed E-state index contributed by atoms with van der Waals surface area (Å²) in [6, 6.07) is 13.4. The fraction of sp³-hybridized carbons (Fsp3) is 0.389. The van der Waals surface area contributed by atoms with Crippen LogP contribution in [0.5, 0.6) is 0 Å². The molecular formula is C18H23N3O2S. The van der Waals surface area contributed by atoms with E-state index in [1.54, 1.807) is 10.5 Å². The summed E-state index contributed by atoms with van der Waals surface area (Å²) in [4.78, 5) is 4.23. The first-order chi connectivity index (χ1) is 11.6. The summed E-state index contributed by atoms with van der Waals surface area (Å²) in [6.45, 7) is 1.86. The first-order valence-corrected chi connectivity index (χ1v) is 9.95. The molecule has 1 fully saturated rings. The number of nitrogens with zero attached hydrogens (tertiary/aromatic N) is 2. The molecule has 1 aromatic heterocycles. The number of piperidine rings is 1. The lowest BCUT2D eigenvalue weighted by molar-refractivity contribution is 0.346. The maximum Gasteiger partial charge on any atom is 0.218 e. The third-order valence-electron chi connectivity index (χ3n) is 4.29. The van der Waals surface area contributed by atoms with Crippen molar-refractivity contribution >= 4 is 15.8 Å². The van der Waals surface area contributed by atoms with E-state index in [9.17, 15) is 8.42 Å². The molecule has 2 heterocycles. The number of benzene rings is 1. The van der Waals surface area contributed by atoms with Gasteiger partial charge in [-0.15, -0.1) is 0 Å². The van der Waals surface area contributed by atoms with Crippen molar-refractivity contribution < 1.29 is 8.42 Å². The zero-order valence-electron chi connectivity index (χ0n) is 13.7. The number of aromatic nitrogens is 1. The summed E-state index contributed by atoms with van der Waals surface area (Å²) in [6.07, 6.45) is 4.77. The third kappa shape index (κ3) is 4.33. The first kappa shape index (κ1) is 16.9. The highest BCUT2D eigenvalue weighted by atomic mass is 32.2. The SMILES string of the molecule is O=S(=O)(Cc1ccccc1CNc1ccccn1)N1CCCCC1. The number of nitrogens with one attached hydrogen (secondary N) is 1. The minimum Gasteiger partial charge on any atom is -0.366 e. The van der Waals surface area contributed by atoms with Crippen LogP contribution in [0.4, 0.5) is 5.82 Å². The van der Waals surface area contributed by atoms with Crippen LogP contribution in [-0.4, -0.2) is 30.8 Å². The summed E-state index contributed by atoms with van der Waals surface area (Å²) < 4.78 is 27.0. The minimum absolute atomic E-state index is 0.0626. The molecule has 1 aromatic carbocycles. The second-order valence-corrected chi connectivity index (χ2v) is 8.02. The van der Waals surface area contributed by atoms with Gasteiger partial charge in [0.05, 0.1) is 5.75 Å². The van der Waals surface area contributed by atoms with Crippen molar-refractivity contribution in [3.8, 4) is 0 Å². The van der Waals surface area contributed by atoms with Gasteiger partial charge >= 0.3 is 0 Å². The smallest absolute Gasteiger partial charge is 0.218 e. The Labute approximate surface area is 143 Å². The van der Waals surface area contributed by atoms with Gasteiger partial charge in [-0.3, -0.25) is 0 Å². The molecule has 3 rings (SSSR count). The predicted octanol–water partition coefficient (Wildman–Crippen LogP) is 3.01. The normalized spacial score (nSPS) is 16.0. The average molecular weight is 345 g/mol. The minimum atomic E-state index is -3.25. The van der Waals surface area contributed by atoms with Gasteiger partial charge in [0.25, 0.3) is 0 Å². The van der Waals surface area contributed by atoms with Crippen LogP contribution in [-0.2, 0) is 22.3 Å². The number of pyridine rings is 1. The van der Waals surface area contributed by atoms with E-state index in [4.69, 9.17) is 0 Å². The highest BCUT2D eigenvalue weighted by molar-refractivity contribution is 7.88. The van der Waals surface area contributed by atoms with Crippen LogP contribution in [0.1, 0.15) is 30.4 Å². The van der Waals surface area contributed by atoms with Crippen molar-refractivity contribution in [3.05, 3.63) is 59.8 Å². The van der Waals surface area contributed by atoms with E-state index in [0.717, 1.165) is 36.2 Å². The number of hydrogen-bond acceptors (Lipinski definition) is 4. The van der Waals surface area contributed by atoms with Gasteiger partial charge < -0.3 is 5.32 Å². The van der Waals surface area contributed by atoms with Gasteiger partial charge in [-0.2, -0.15) is 0 Å². The van der Waals surface area contributed by atoms with E-state index in [1.807, 2.05) is 42.5 Å². The fourth-order valence-electron chi connectivity index (χ4n) is 2.95. The molecule has 5 nitrogen and oxygen atoms in total. The topological polar surface area (TPSA) is 62.3 Å². The molecule has 1 aliphatic heterocycles. The highest BCUT2D eigenvalue weighted by Gasteiger charge is 2.24. The molecule has 0 spiro atoms. The largest absolute Gasteiger partial charge is 0.366 e. The number of sulfonamides is 1. The molecule has 0 aliphatic carbocycles. The molecule has 24 heavy (non-hydrogen) atoms. The molecule has 0 bridgehead atoms. The van der Waals surface area contributed by atoms with Gasteiger partial charge in [-0.1, -0.05) is 36.8 Å². The fourth-order valence-corrected chi connectivity index (χ4v) is 4.63. The molecule has 0 radical (unpaired) electrons. The van der Waals surface area contributed by atoms with Crippen LogP contribution in [0.15, 0.2) is 48.7 Å². The van der Waals surface area contributed by atoms with Gasteiger partial charge in [-0.05, 0) is 36.1 Å². The van der Waals surface area contributed by atoms with Gasteiger partial charge in [-0.25, -0.2) is 17.7 Å². The monoisotopic (exact) mass is 345 g/mol. The standard InChI is InChI=1S/C18H23N3O2S/c22-24(23,21-12-6-1-7-13-21)15-17-9-3-2-8-16(17)14-20-18-10-4-5-11-19-18/h2-5,8-11H,1,6-7,12-15H2,(H,19,20). The molecule has 128 valence electrons. The van der Waals surface area contributed by atoms with Crippen molar-refractivity contribution in [1.82, 2.24) is 9.29 Å². The number of rotatable bonds is 6. The second-order valence-electron chi connectivity index (χ2n) is 6.05. The van der Waals surface area contributed by atoms with Crippen molar-refractivity contribution in [2.45, 2.75) is 31.6 Å². The molecule has 2 aromatic rings. The summed E-state index contributed by atoms with van der Waals surface area (Å²) in [5.41, 5.74) is 1.84. The van der Waals surface area contributed by atoms with Crippen molar-refractivity contribution in [2.24, 2.45) is 0 Å². The molecular weight excluding hydrogens is 322 g/mol. The van der Waals surface area contributed by atoms with E-state index in [-0.39, 0.29) is 5.75 Å². The van der Waals surface area contributed by atoms with Crippen LogP contribution in [0.3, 0.4) is 0 Å². The van der Waals surface area contributed by atoms with E-state index < -0.39 is 10.0 Å². The van der Waals surface area contributed by atoms with Crippen molar-refractivity contribution in [1.29, 1.82) is 0 Å². The summed E-state index contributed by atoms with van der Waals surface area (Å²) in [5, 5.41) is 3.25. The Morgan fingerprint density at radius 3 is 2.38 bits per heavy atom. The zero-order valence-corrected chi connectivity index (χ0v) is 14.5. The van der Waals surface area contributed by atoms with E-state index in [1.165, 1.54) is 0 Å². The van der Waals surface area contributed by atoms with Crippen LogP contribution in [0.25, 0.3) is 0 Å². The Morgan fingerprint density at radius 1 is 0.958 bits per heavy atom. The van der Waals surface area contributed by atoms with Crippen LogP contribution < -0.4 is 5.32 Å². The molecule has 1 aliphatic rings. The maximum absolute atomic E-state index is 12.7. The van der Waals surface area contributed by atoms with Crippen LogP contribution in [0.2, 0.25) is 0 Å². The van der Waals surface area contributed by atoms with Gasteiger partial charge in [0, 0.05) is 25.8 Å². The quantitative estimate of drug-likeness (QED) is 0.874. The third-order valence-corrected chi connectivity index (χ3v) is 6.12. The Kier molecular flexibility index (Phi) is 5.48. The lowest BCUT2D eigenvalue weighted by Gasteiger charge is -2.26. The van der Waals surface area contributed by atoms with Gasteiger partial charge in [0.1, 0.15) is 5.82 Å². The van der Waals surface area contributed by atoms with Crippen molar-refractivity contribution in [3.63, 3.8) is 0 Å². The Morgan fingerprint density at radius 2 is 1.67 bits per heavy atom. The van der Waals surface area contributed by atoms with E-state index >= 15 is 0 Å². The maximum atomic E-state index is 12.7. The first-order valence-electron chi connectivity index (χ1n) is 8.35. The summed E-state index contributed by atoms with van der Waals surface area (Å²) >= 11 is 0.